The number of halogens is 3. The fourth-order valence-corrected chi connectivity index (χ4v) is 5.78. The highest BCUT2D eigenvalue weighted by molar-refractivity contribution is 5.79. The molecule has 208 valence electrons. The van der Waals surface area contributed by atoms with Crippen LogP contribution in [0.2, 0.25) is 0 Å². The van der Waals surface area contributed by atoms with Gasteiger partial charge < -0.3 is 25.4 Å². The lowest BCUT2D eigenvalue weighted by Gasteiger charge is -2.32. The maximum Gasteiger partial charge on any atom is 0.225 e. The molecule has 1 aromatic carbocycles. The van der Waals surface area contributed by atoms with Gasteiger partial charge in [-0.05, 0) is 38.5 Å². The monoisotopic (exact) mass is 545 g/mol. The summed E-state index contributed by atoms with van der Waals surface area (Å²) >= 11 is 0. The van der Waals surface area contributed by atoms with E-state index in [0.717, 1.165) is 6.42 Å². The molecule has 0 bridgehead atoms. The maximum absolute atomic E-state index is 14.5. The van der Waals surface area contributed by atoms with Crippen molar-refractivity contribution in [3.05, 3.63) is 35.8 Å². The number of carbonyl (C=O) groups excluding carboxylic acids is 1. The first kappa shape index (κ1) is 25.8. The molecule has 2 atom stereocenters. The van der Waals surface area contributed by atoms with Crippen LogP contribution in [0.25, 0.3) is 11.2 Å². The van der Waals surface area contributed by atoms with Gasteiger partial charge in [-0.3, -0.25) is 9.36 Å². The van der Waals surface area contributed by atoms with Crippen molar-refractivity contribution in [3.63, 3.8) is 0 Å². The largest absolute Gasteiger partial charge is 0.391 e. The molecule has 2 aliphatic heterocycles. The van der Waals surface area contributed by atoms with Crippen LogP contribution in [-0.4, -0.2) is 73.9 Å². The molecule has 4 heterocycles. The van der Waals surface area contributed by atoms with Gasteiger partial charge in [-0.1, -0.05) is 0 Å². The number of carbonyl (C=O) groups is 1. The number of nitrogens with one attached hydrogen (secondary N) is 2. The molecule has 1 amide bonds. The van der Waals surface area contributed by atoms with E-state index in [-0.39, 0.29) is 29.9 Å². The van der Waals surface area contributed by atoms with Gasteiger partial charge in [0.1, 0.15) is 17.0 Å². The normalized spacial score (nSPS) is 25.4. The lowest BCUT2D eigenvalue weighted by Crippen LogP contribution is -2.37. The first-order valence-electron chi connectivity index (χ1n) is 13.3. The van der Waals surface area contributed by atoms with E-state index >= 15 is 0 Å². The highest BCUT2D eigenvalue weighted by Gasteiger charge is 2.34. The molecule has 0 unspecified atom stereocenters. The van der Waals surface area contributed by atoms with E-state index in [9.17, 15) is 23.1 Å². The molecule has 10 nitrogen and oxygen atoms in total. The van der Waals surface area contributed by atoms with Crippen LogP contribution in [0, 0.1) is 23.4 Å². The number of aliphatic hydroxyl groups is 1. The van der Waals surface area contributed by atoms with Crippen LogP contribution in [0.3, 0.4) is 0 Å². The van der Waals surface area contributed by atoms with Gasteiger partial charge in [0.25, 0.3) is 0 Å². The number of nitrogens with zero attached hydrogens (tertiary/aromatic N) is 5. The molecule has 6 rings (SSSR count). The zero-order chi connectivity index (χ0) is 27.1. The van der Waals surface area contributed by atoms with Crippen molar-refractivity contribution in [1.82, 2.24) is 24.4 Å². The first-order chi connectivity index (χ1) is 18.9. The number of benzene rings is 1. The van der Waals surface area contributed by atoms with Gasteiger partial charge in [-0.2, -0.15) is 4.98 Å². The number of hydrogen-bond donors (Lipinski definition) is 3. The number of hydrogen-bond acceptors (Lipinski definition) is 8. The highest BCUT2D eigenvalue weighted by Crippen LogP contribution is 2.38. The predicted octanol–water partition coefficient (Wildman–Crippen LogP) is 3.51. The number of likely N-dealkylation sites (tertiary alicyclic amines) is 1. The van der Waals surface area contributed by atoms with Crippen LogP contribution in [0.5, 0.6) is 0 Å². The Morgan fingerprint density at radius 1 is 1.05 bits per heavy atom. The molecule has 2 aromatic heterocycles. The van der Waals surface area contributed by atoms with E-state index in [1.54, 1.807) is 15.7 Å². The van der Waals surface area contributed by atoms with Crippen LogP contribution in [0.1, 0.15) is 44.6 Å². The lowest BCUT2D eigenvalue weighted by atomic mass is 9.85. The predicted molar refractivity (Wildman–Crippen MR) is 136 cm³/mol. The van der Waals surface area contributed by atoms with Crippen LogP contribution in [0.15, 0.2) is 18.3 Å². The summed E-state index contributed by atoms with van der Waals surface area (Å²) in [6.07, 6.45) is 4.96. The van der Waals surface area contributed by atoms with Crippen molar-refractivity contribution < 1.29 is 27.8 Å². The number of β-amino-alcohol motifs (C(OH)–C–C–N with tert-alkyl or cyclic N) is 1. The first-order valence-corrected chi connectivity index (χ1v) is 13.3. The van der Waals surface area contributed by atoms with Gasteiger partial charge in [0, 0.05) is 43.8 Å². The molecule has 13 heteroatoms. The summed E-state index contributed by atoms with van der Waals surface area (Å²) in [5.41, 5.74) is 0.394. The SMILES string of the molecule is O=C([C@H]1CC[C@@H](n2c(Nc3c(F)cc(F)cc3F)nc3cnc(N[C@H]4CCOC4)nc32)CC1)N1CC[C@@H](O)C1. The third-order valence-electron chi connectivity index (χ3n) is 7.83. The van der Waals surface area contributed by atoms with Gasteiger partial charge in [-0.25, -0.2) is 23.1 Å². The minimum absolute atomic E-state index is 0.0573. The Morgan fingerprint density at radius 2 is 1.82 bits per heavy atom. The van der Waals surface area contributed by atoms with Crippen molar-refractivity contribution in [2.45, 2.75) is 56.7 Å². The second-order valence-corrected chi connectivity index (χ2v) is 10.5. The van der Waals surface area contributed by atoms with Crippen molar-refractivity contribution >= 4 is 34.7 Å². The van der Waals surface area contributed by atoms with Crippen LogP contribution < -0.4 is 10.6 Å². The molecule has 0 spiro atoms. The van der Waals surface area contributed by atoms with Crippen LogP contribution >= 0.6 is 0 Å². The average Bonchev–Trinajstić information content (AvgIpc) is 3.66. The summed E-state index contributed by atoms with van der Waals surface area (Å²) in [6, 6.07) is 1.13. The number of fused-ring (bicyclic) bond motifs is 1. The molecule has 0 radical (unpaired) electrons. The fraction of sp³-hybridized carbons (Fsp3) is 0.538. The molecule has 3 aromatic rings. The van der Waals surface area contributed by atoms with Gasteiger partial charge in [0.15, 0.2) is 17.3 Å². The molecular weight excluding hydrogens is 515 g/mol. The van der Waals surface area contributed by atoms with Crippen LogP contribution in [-0.2, 0) is 9.53 Å². The molecule has 2 saturated heterocycles. The van der Waals surface area contributed by atoms with Gasteiger partial charge in [0.05, 0.1) is 24.9 Å². The quantitative estimate of drug-likeness (QED) is 0.431. The van der Waals surface area contributed by atoms with E-state index in [2.05, 4.69) is 20.6 Å². The average molecular weight is 546 g/mol. The van der Waals surface area contributed by atoms with Crippen molar-refractivity contribution in [2.24, 2.45) is 5.92 Å². The standard InChI is InChI=1S/C26H30F3N7O3/c27-15-9-19(28)22(20(29)10-15)33-26-32-21-11-30-25(31-16-6-8-39-13-16)34-23(21)36(26)17-3-1-14(2-4-17)24(38)35-7-5-18(37)12-35/h9-11,14,16-18,37H,1-8,12-13H2,(H,32,33)(H,30,31,34)/t14-,16-,17+,18+/m0/s1. The molecule has 3 aliphatic rings. The third kappa shape index (κ3) is 5.24. The number of imidazole rings is 1. The Balaban J connectivity index is 1.30. The second kappa shape index (κ2) is 10.6. The number of ether oxygens (including phenoxy) is 1. The van der Waals surface area contributed by atoms with E-state index in [1.165, 1.54) is 0 Å². The van der Waals surface area contributed by atoms with Crippen molar-refractivity contribution in [2.75, 3.05) is 36.9 Å². The maximum atomic E-state index is 14.5. The fourth-order valence-electron chi connectivity index (χ4n) is 5.78. The zero-order valence-corrected chi connectivity index (χ0v) is 21.2. The van der Waals surface area contributed by atoms with Crippen molar-refractivity contribution in [1.29, 1.82) is 0 Å². The third-order valence-corrected chi connectivity index (χ3v) is 7.83. The number of aromatic nitrogens is 4. The Morgan fingerprint density at radius 3 is 2.49 bits per heavy atom. The molecule has 3 N–H and O–H groups in total. The highest BCUT2D eigenvalue weighted by atomic mass is 19.1. The molecule has 39 heavy (non-hydrogen) atoms. The Bertz CT molecular complexity index is 1350. The van der Waals surface area contributed by atoms with Gasteiger partial charge in [0.2, 0.25) is 17.8 Å². The Hall–Kier alpha value is -3.45. The lowest BCUT2D eigenvalue weighted by molar-refractivity contribution is -0.136. The number of anilines is 3. The summed E-state index contributed by atoms with van der Waals surface area (Å²) < 4.78 is 49.8. The van der Waals surface area contributed by atoms with Gasteiger partial charge in [-0.15, -0.1) is 0 Å². The minimum Gasteiger partial charge on any atom is -0.391 e. The second-order valence-electron chi connectivity index (χ2n) is 10.5. The Labute approximate surface area is 222 Å². The number of rotatable bonds is 6. The summed E-state index contributed by atoms with van der Waals surface area (Å²) in [5, 5.41) is 15.8. The molecule has 3 fully saturated rings. The van der Waals surface area contributed by atoms with E-state index in [1.807, 2.05) is 0 Å². The van der Waals surface area contributed by atoms with Gasteiger partial charge >= 0.3 is 0 Å². The van der Waals surface area contributed by atoms with E-state index in [0.29, 0.717) is 87.7 Å². The summed E-state index contributed by atoms with van der Waals surface area (Å²) in [6.45, 7) is 2.13. The molecule has 1 saturated carbocycles. The number of aliphatic hydroxyl groups excluding tert-OH is 1. The Kier molecular flexibility index (Phi) is 7.02. The van der Waals surface area contributed by atoms with E-state index in [4.69, 9.17) is 9.72 Å². The molecular formula is C26H30F3N7O3. The smallest absolute Gasteiger partial charge is 0.225 e. The zero-order valence-electron chi connectivity index (χ0n) is 21.2. The molecule has 1 aliphatic carbocycles. The number of amides is 1. The summed E-state index contributed by atoms with van der Waals surface area (Å²) in [7, 11) is 0. The van der Waals surface area contributed by atoms with Crippen LogP contribution in [0.4, 0.5) is 30.8 Å². The summed E-state index contributed by atoms with van der Waals surface area (Å²) in [4.78, 5) is 28.3. The van der Waals surface area contributed by atoms with E-state index < -0.39 is 29.2 Å². The van der Waals surface area contributed by atoms with Crippen molar-refractivity contribution in [3.8, 4) is 0 Å². The minimum atomic E-state index is -1.08. The topological polar surface area (TPSA) is 117 Å². The summed E-state index contributed by atoms with van der Waals surface area (Å²) in [5.74, 6) is -2.73.